The highest BCUT2D eigenvalue weighted by atomic mass is 35.5. The van der Waals surface area contributed by atoms with Crippen molar-refractivity contribution in [3.05, 3.63) is 47.4 Å². The van der Waals surface area contributed by atoms with Crippen molar-refractivity contribution in [1.82, 2.24) is 24.6 Å². The number of aryl methyl sites for hydroxylation is 1. The Kier molecular flexibility index (Phi) is 4.24. The average molecular weight is 371 g/mol. The van der Waals surface area contributed by atoms with Crippen LogP contribution in [0.1, 0.15) is 17.3 Å². The molecule has 0 N–H and O–H groups in total. The Hall–Kier alpha value is -2.67. The van der Waals surface area contributed by atoms with E-state index in [1.807, 2.05) is 24.1 Å². The predicted octanol–water partition coefficient (Wildman–Crippen LogP) is 2.37. The number of amides is 1. The van der Waals surface area contributed by atoms with E-state index in [-0.39, 0.29) is 11.9 Å². The highest BCUT2D eigenvalue weighted by Gasteiger charge is 2.29. The summed E-state index contributed by atoms with van der Waals surface area (Å²) < 4.78 is 1.64. The number of rotatable bonds is 2. The predicted molar refractivity (Wildman–Crippen MR) is 100 cm³/mol. The van der Waals surface area contributed by atoms with E-state index in [1.54, 1.807) is 29.3 Å². The molecule has 8 heteroatoms. The number of fused-ring (bicyclic) bond motifs is 1. The molecule has 0 radical (unpaired) electrons. The second-order valence-electron chi connectivity index (χ2n) is 6.56. The van der Waals surface area contributed by atoms with Gasteiger partial charge in [0.15, 0.2) is 0 Å². The number of hydrogen-bond acceptors (Lipinski definition) is 5. The first-order valence-electron chi connectivity index (χ1n) is 8.48. The summed E-state index contributed by atoms with van der Waals surface area (Å²) in [5.41, 5.74) is 2.21. The van der Waals surface area contributed by atoms with Crippen LogP contribution in [0.3, 0.4) is 0 Å². The molecule has 1 aliphatic heterocycles. The van der Waals surface area contributed by atoms with Gasteiger partial charge in [0.2, 0.25) is 0 Å². The first-order chi connectivity index (χ1) is 12.5. The van der Waals surface area contributed by atoms with Crippen molar-refractivity contribution in [3.8, 4) is 0 Å². The van der Waals surface area contributed by atoms with Crippen molar-refractivity contribution < 1.29 is 4.79 Å². The maximum atomic E-state index is 12.7. The average Bonchev–Trinajstić information content (AvgIpc) is 3.07. The molecule has 1 amide bonds. The molecule has 7 nitrogen and oxygen atoms in total. The minimum absolute atomic E-state index is 0.0180. The third-order valence-corrected chi connectivity index (χ3v) is 4.89. The van der Waals surface area contributed by atoms with Crippen molar-refractivity contribution >= 4 is 34.4 Å². The zero-order valence-electron chi connectivity index (χ0n) is 14.6. The van der Waals surface area contributed by atoms with Crippen LogP contribution in [-0.4, -0.2) is 56.2 Å². The molecule has 2 aromatic heterocycles. The van der Waals surface area contributed by atoms with Crippen LogP contribution < -0.4 is 4.90 Å². The Morgan fingerprint density at radius 1 is 1.23 bits per heavy atom. The smallest absolute Gasteiger partial charge is 0.257 e. The van der Waals surface area contributed by atoms with Gasteiger partial charge in [-0.25, -0.2) is 4.98 Å². The molecule has 1 fully saturated rings. The molecule has 26 heavy (non-hydrogen) atoms. The number of anilines is 1. The molecule has 4 rings (SSSR count). The second kappa shape index (κ2) is 6.57. The van der Waals surface area contributed by atoms with Gasteiger partial charge in [0.1, 0.15) is 5.82 Å². The summed E-state index contributed by atoms with van der Waals surface area (Å²) in [4.78, 5) is 25.9. The van der Waals surface area contributed by atoms with E-state index in [0.717, 1.165) is 16.9 Å². The molecular formula is C18H19ClN6O. The molecule has 0 spiro atoms. The normalized spacial score (nSPS) is 17.7. The van der Waals surface area contributed by atoms with Crippen molar-refractivity contribution in [2.45, 2.75) is 13.0 Å². The fourth-order valence-electron chi connectivity index (χ4n) is 3.29. The number of halogens is 1. The molecule has 1 aromatic carbocycles. The lowest BCUT2D eigenvalue weighted by Crippen LogP contribution is -2.54. The number of carbonyl (C=O) groups is 1. The van der Waals surface area contributed by atoms with Gasteiger partial charge in [0.25, 0.3) is 5.91 Å². The number of nitrogens with zero attached hydrogens (tertiary/aromatic N) is 6. The molecular weight excluding hydrogens is 352 g/mol. The Balaban J connectivity index is 1.51. The minimum Gasteiger partial charge on any atom is -0.351 e. The highest BCUT2D eigenvalue weighted by Crippen LogP contribution is 2.22. The van der Waals surface area contributed by atoms with Gasteiger partial charge in [-0.3, -0.25) is 14.5 Å². The van der Waals surface area contributed by atoms with Gasteiger partial charge in [-0.1, -0.05) is 11.6 Å². The van der Waals surface area contributed by atoms with Gasteiger partial charge in [-0.05, 0) is 25.1 Å². The quantitative estimate of drug-likeness (QED) is 0.692. The zero-order valence-corrected chi connectivity index (χ0v) is 15.4. The van der Waals surface area contributed by atoms with Crippen LogP contribution in [0.15, 0.2) is 36.8 Å². The van der Waals surface area contributed by atoms with E-state index in [4.69, 9.17) is 16.6 Å². The summed E-state index contributed by atoms with van der Waals surface area (Å²) in [6.45, 7) is 4.10. The third kappa shape index (κ3) is 3.10. The number of carbonyl (C=O) groups excluding carboxylic acids is 1. The molecule has 1 atom stereocenters. The van der Waals surface area contributed by atoms with Gasteiger partial charge < -0.3 is 9.80 Å². The van der Waals surface area contributed by atoms with Gasteiger partial charge in [-0.2, -0.15) is 5.10 Å². The van der Waals surface area contributed by atoms with Crippen LogP contribution in [0.4, 0.5) is 5.82 Å². The maximum absolute atomic E-state index is 12.7. The van der Waals surface area contributed by atoms with Gasteiger partial charge in [0.05, 0.1) is 29.0 Å². The summed E-state index contributed by atoms with van der Waals surface area (Å²) in [7, 11) is 1.81. The summed E-state index contributed by atoms with van der Waals surface area (Å²) in [6.07, 6.45) is 5.13. The van der Waals surface area contributed by atoms with Crippen LogP contribution in [-0.2, 0) is 7.05 Å². The first kappa shape index (κ1) is 16.8. The Morgan fingerprint density at radius 2 is 2.08 bits per heavy atom. The Morgan fingerprint density at radius 3 is 2.81 bits per heavy atom. The van der Waals surface area contributed by atoms with Crippen LogP contribution in [0.25, 0.3) is 11.0 Å². The van der Waals surface area contributed by atoms with Crippen LogP contribution in [0.5, 0.6) is 0 Å². The van der Waals surface area contributed by atoms with E-state index < -0.39 is 0 Å². The van der Waals surface area contributed by atoms with Crippen LogP contribution in [0, 0.1) is 0 Å². The fraction of sp³-hybridized carbons (Fsp3) is 0.333. The van der Waals surface area contributed by atoms with Gasteiger partial charge >= 0.3 is 0 Å². The molecule has 1 aliphatic rings. The molecule has 3 heterocycles. The fourth-order valence-corrected chi connectivity index (χ4v) is 3.46. The molecule has 134 valence electrons. The van der Waals surface area contributed by atoms with Gasteiger partial charge in [0, 0.05) is 43.9 Å². The van der Waals surface area contributed by atoms with Crippen LogP contribution in [0.2, 0.25) is 5.02 Å². The van der Waals surface area contributed by atoms with Crippen molar-refractivity contribution in [3.63, 3.8) is 0 Å². The topological polar surface area (TPSA) is 67.2 Å². The van der Waals surface area contributed by atoms with Crippen molar-refractivity contribution in [2.75, 3.05) is 24.5 Å². The number of benzene rings is 1. The lowest BCUT2D eigenvalue weighted by atomic mass is 10.1. The van der Waals surface area contributed by atoms with Crippen molar-refractivity contribution in [1.29, 1.82) is 0 Å². The van der Waals surface area contributed by atoms with E-state index in [0.29, 0.717) is 30.2 Å². The summed E-state index contributed by atoms with van der Waals surface area (Å²) >= 11 is 6.00. The minimum atomic E-state index is 0.0180. The highest BCUT2D eigenvalue weighted by molar-refractivity contribution is 6.31. The molecule has 0 bridgehead atoms. The number of hydrogen-bond donors (Lipinski definition) is 0. The molecule has 0 saturated carbocycles. The van der Waals surface area contributed by atoms with Crippen LogP contribution >= 0.6 is 11.6 Å². The number of aromatic nitrogens is 4. The molecule has 1 saturated heterocycles. The monoisotopic (exact) mass is 370 g/mol. The lowest BCUT2D eigenvalue weighted by molar-refractivity contribution is 0.0673. The zero-order chi connectivity index (χ0) is 18.3. The second-order valence-corrected chi connectivity index (χ2v) is 6.99. The SMILES string of the molecule is CC1CN(c2cnc3cc(Cl)ccc3n2)CCN1C(=O)c1cnn(C)c1. The van der Waals surface area contributed by atoms with Crippen molar-refractivity contribution in [2.24, 2.45) is 7.05 Å². The standard InChI is InChI=1S/C18H19ClN6O/c1-12-10-24(5-6-25(12)18(26)13-8-21-23(2)11-13)17-9-20-16-7-14(19)3-4-15(16)22-17/h3-4,7-9,11-12H,5-6,10H2,1-2H3. The maximum Gasteiger partial charge on any atom is 0.257 e. The Labute approximate surface area is 156 Å². The summed E-state index contributed by atoms with van der Waals surface area (Å²) in [6, 6.07) is 5.56. The summed E-state index contributed by atoms with van der Waals surface area (Å²) in [5.74, 6) is 0.838. The number of piperazine rings is 1. The molecule has 3 aromatic rings. The molecule has 1 unspecified atom stereocenters. The lowest BCUT2D eigenvalue weighted by Gasteiger charge is -2.40. The largest absolute Gasteiger partial charge is 0.351 e. The molecule has 0 aliphatic carbocycles. The first-order valence-corrected chi connectivity index (χ1v) is 8.86. The van der Waals surface area contributed by atoms with E-state index in [2.05, 4.69) is 21.9 Å². The van der Waals surface area contributed by atoms with Gasteiger partial charge in [-0.15, -0.1) is 0 Å². The van der Waals surface area contributed by atoms with E-state index >= 15 is 0 Å². The van der Waals surface area contributed by atoms with E-state index in [1.165, 1.54) is 0 Å². The third-order valence-electron chi connectivity index (χ3n) is 4.66. The van der Waals surface area contributed by atoms with E-state index in [9.17, 15) is 4.79 Å². The Bertz CT molecular complexity index is 971. The summed E-state index contributed by atoms with van der Waals surface area (Å²) in [5, 5.41) is 4.74.